The zero-order valence-electron chi connectivity index (χ0n) is 10.0. The first-order valence-corrected chi connectivity index (χ1v) is 6.29. The lowest BCUT2D eigenvalue weighted by atomic mass is 10.1. The van der Waals surface area contributed by atoms with Crippen molar-refractivity contribution < 1.29 is 9.90 Å². The number of nitrogens with zero attached hydrogens (tertiary/aromatic N) is 1. The Bertz CT molecular complexity index is 260. The lowest BCUT2D eigenvalue weighted by Gasteiger charge is -2.19. The molecule has 0 bridgehead atoms. The van der Waals surface area contributed by atoms with Crippen LogP contribution >= 0.6 is 0 Å². The smallest absolute Gasteiger partial charge is 0.234 e. The van der Waals surface area contributed by atoms with E-state index < -0.39 is 5.60 Å². The summed E-state index contributed by atoms with van der Waals surface area (Å²) in [6.07, 6.45) is 5.50. The van der Waals surface area contributed by atoms with Gasteiger partial charge in [0.2, 0.25) is 5.91 Å². The van der Waals surface area contributed by atoms with Crippen LogP contribution in [-0.2, 0) is 4.79 Å². The minimum absolute atomic E-state index is 0.115. The molecular formula is C12H22N2O2. The molecule has 1 aliphatic heterocycles. The first-order chi connectivity index (χ1) is 7.55. The molecule has 0 aromatic heterocycles. The fourth-order valence-corrected chi connectivity index (χ4v) is 2.72. The highest BCUT2D eigenvalue weighted by Crippen LogP contribution is 2.20. The molecule has 16 heavy (non-hydrogen) atoms. The van der Waals surface area contributed by atoms with Gasteiger partial charge in [-0.15, -0.1) is 0 Å². The van der Waals surface area contributed by atoms with Gasteiger partial charge in [0.25, 0.3) is 0 Å². The quantitative estimate of drug-likeness (QED) is 0.737. The Morgan fingerprint density at radius 3 is 2.75 bits per heavy atom. The summed E-state index contributed by atoms with van der Waals surface area (Å²) >= 11 is 0. The van der Waals surface area contributed by atoms with Crippen LogP contribution in [0.3, 0.4) is 0 Å². The van der Waals surface area contributed by atoms with E-state index in [4.69, 9.17) is 0 Å². The Morgan fingerprint density at radius 2 is 2.19 bits per heavy atom. The van der Waals surface area contributed by atoms with E-state index in [0.717, 1.165) is 25.8 Å². The SMILES string of the molecule is CC1(O)CCN(CC(=O)NC2CCCC2)C1. The van der Waals surface area contributed by atoms with Gasteiger partial charge in [0.1, 0.15) is 0 Å². The molecule has 4 nitrogen and oxygen atoms in total. The van der Waals surface area contributed by atoms with E-state index in [1.165, 1.54) is 12.8 Å². The van der Waals surface area contributed by atoms with Gasteiger partial charge in [0.05, 0.1) is 12.1 Å². The largest absolute Gasteiger partial charge is 0.389 e. The maximum atomic E-state index is 11.7. The van der Waals surface area contributed by atoms with Gasteiger partial charge in [-0.25, -0.2) is 0 Å². The number of amides is 1. The molecule has 1 saturated heterocycles. The standard InChI is InChI=1S/C12H22N2O2/c1-12(16)6-7-14(9-12)8-11(15)13-10-4-2-3-5-10/h10,16H,2-9H2,1H3,(H,13,15). The van der Waals surface area contributed by atoms with Gasteiger partial charge in [0, 0.05) is 19.1 Å². The lowest BCUT2D eigenvalue weighted by Crippen LogP contribution is -2.41. The number of β-amino-alcohol motifs (C(OH)–C–C–N with tert-alkyl or cyclic N) is 1. The average Bonchev–Trinajstić information content (AvgIpc) is 2.76. The molecule has 2 aliphatic rings. The van der Waals surface area contributed by atoms with Crippen molar-refractivity contribution in [2.75, 3.05) is 19.6 Å². The highest BCUT2D eigenvalue weighted by Gasteiger charge is 2.32. The number of hydrogen-bond acceptors (Lipinski definition) is 3. The van der Waals surface area contributed by atoms with E-state index in [9.17, 15) is 9.90 Å². The fraction of sp³-hybridized carbons (Fsp3) is 0.917. The van der Waals surface area contributed by atoms with Crippen LogP contribution in [0.5, 0.6) is 0 Å². The summed E-state index contributed by atoms with van der Waals surface area (Å²) in [4.78, 5) is 13.8. The van der Waals surface area contributed by atoms with E-state index in [-0.39, 0.29) is 5.91 Å². The number of carbonyl (C=O) groups excluding carboxylic acids is 1. The molecule has 2 fully saturated rings. The van der Waals surface area contributed by atoms with Crippen molar-refractivity contribution in [3.05, 3.63) is 0 Å². The number of carbonyl (C=O) groups is 1. The van der Waals surface area contributed by atoms with Crippen molar-refractivity contribution in [3.8, 4) is 0 Å². The number of hydrogen-bond donors (Lipinski definition) is 2. The monoisotopic (exact) mass is 226 g/mol. The summed E-state index contributed by atoms with van der Waals surface area (Å²) < 4.78 is 0. The Kier molecular flexibility index (Phi) is 3.50. The summed E-state index contributed by atoms with van der Waals surface area (Å²) in [5.41, 5.74) is -0.604. The van der Waals surface area contributed by atoms with Gasteiger partial charge in [0.15, 0.2) is 0 Å². The summed E-state index contributed by atoms with van der Waals surface area (Å²) in [6, 6.07) is 0.399. The minimum atomic E-state index is -0.604. The molecule has 0 radical (unpaired) electrons. The predicted molar refractivity (Wildman–Crippen MR) is 62.1 cm³/mol. The van der Waals surface area contributed by atoms with Crippen LogP contribution in [0.25, 0.3) is 0 Å². The molecule has 1 amide bonds. The number of likely N-dealkylation sites (tertiary alicyclic amines) is 1. The van der Waals surface area contributed by atoms with Crippen LogP contribution in [0.15, 0.2) is 0 Å². The van der Waals surface area contributed by atoms with Crippen LogP contribution < -0.4 is 5.32 Å². The van der Waals surface area contributed by atoms with E-state index >= 15 is 0 Å². The van der Waals surface area contributed by atoms with Crippen LogP contribution in [0, 0.1) is 0 Å². The third-order valence-corrected chi connectivity index (χ3v) is 3.62. The van der Waals surface area contributed by atoms with Gasteiger partial charge < -0.3 is 10.4 Å². The fourth-order valence-electron chi connectivity index (χ4n) is 2.72. The number of nitrogens with one attached hydrogen (secondary N) is 1. The maximum absolute atomic E-state index is 11.7. The maximum Gasteiger partial charge on any atom is 0.234 e. The Labute approximate surface area is 97.0 Å². The van der Waals surface area contributed by atoms with Crippen LogP contribution in [0.4, 0.5) is 0 Å². The summed E-state index contributed by atoms with van der Waals surface area (Å²) in [5.74, 6) is 0.115. The van der Waals surface area contributed by atoms with Crippen LogP contribution in [-0.4, -0.2) is 47.2 Å². The van der Waals surface area contributed by atoms with E-state index in [1.54, 1.807) is 0 Å². The van der Waals surface area contributed by atoms with Crippen LogP contribution in [0.1, 0.15) is 39.0 Å². The topological polar surface area (TPSA) is 52.6 Å². The molecule has 92 valence electrons. The minimum Gasteiger partial charge on any atom is -0.389 e. The molecule has 1 heterocycles. The van der Waals surface area contributed by atoms with Crippen molar-refractivity contribution in [1.29, 1.82) is 0 Å². The molecule has 1 unspecified atom stereocenters. The second-order valence-corrected chi connectivity index (χ2v) is 5.51. The van der Waals surface area contributed by atoms with Gasteiger partial charge in [-0.1, -0.05) is 12.8 Å². The van der Waals surface area contributed by atoms with E-state index in [1.807, 2.05) is 11.8 Å². The molecule has 0 spiro atoms. The molecular weight excluding hydrogens is 204 g/mol. The lowest BCUT2D eigenvalue weighted by molar-refractivity contribution is -0.122. The van der Waals surface area contributed by atoms with Crippen LogP contribution in [0.2, 0.25) is 0 Å². The van der Waals surface area contributed by atoms with Crippen molar-refractivity contribution in [3.63, 3.8) is 0 Å². The van der Waals surface area contributed by atoms with Crippen molar-refractivity contribution in [2.24, 2.45) is 0 Å². The summed E-state index contributed by atoms with van der Waals surface area (Å²) in [7, 11) is 0. The Balaban J connectivity index is 1.71. The number of aliphatic hydroxyl groups is 1. The zero-order valence-corrected chi connectivity index (χ0v) is 10.0. The Morgan fingerprint density at radius 1 is 1.50 bits per heavy atom. The molecule has 0 aromatic carbocycles. The first kappa shape index (κ1) is 11.9. The van der Waals surface area contributed by atoms with Gasteiger partial charge in [-0.05, 0) is 26.2 Å². The number of rotatable bonds is 3. The molecule has 2 rings (SSSR count). The van der Waals surface area contributed by atoms with Gasteiger partial charge >= 0.3 is 0 Å². The molecule has 0 aromatic rings. The highest BCUT2D eigenvalue weighted by atomic mass is 16.3. The second-order valence-electron chi connectivity index (χ2n) is 5.51. The van der Waals surface area contributed by atoms with E-state index in [2.05, 4.69) is 5.32 Å². The van der Waals surface area contributed by atoms with Gasteiger partial charge in [-0.3, -0.25) is 9.69 Å². The normalized spacial score (nSPS) is 32.1. The summed E-state index contributed by atoms with van der Waals surface area (Å²) in [5, 5.41) is 12.9. The Hall–Kier alpha value is -0.610. The van der Waals surface area contributed by atoms with E-state index in [0.29, 0.717) is 19.1 Å². The second kappa shape index (κ2) is 4.72. The van der Waals surface area contributed by atoms with Crippen molar-refractivity contribution in [1.82, 2.24) is 10.2 Å². The molecule has 1 aliphatic carbocycles. The van der Waals surface area contributed by atoms with Gasteiger partial charge in [-0.2, -0.15) is 0 Å². The molecule has 1 atom stereocenters. The first-order valence-electron chi connectivity index (χ1n) is 6.29. The molecule has 4 heteroatoms. The summed E-state index contributed by atoms with van der Waals surface area (Å²) in [6.45, 7) is 3.71. The van der Waals surface area contributed by atoms with Crippen molar-refractivity contribution >= 4 is 5.91 Å². The third kappa shape index (κ3) is 3.19. The zero-order chi connectivity index (χ0) is 11.6. The predicted octanol–water partition coefficient (Wildman–Crippen LogP) is 0.502. The molecule has 1 saturated carbocycles. The van der Waals surface area contributed by atoms with Crippen molar-refractivity contribution in [2.45, 2.75) is 50.7 Å². The third-order valence-electron chi connectivity index (χ3n) is 3.62. The highest BCUT2D eigenvalue weighted by molar-refractivity contribution is 5.78. The molecule has 2 N–H and O–H groups in total. The average molecular weight is 226 g/mol.